The lowest BCUT2D eigenvalue weighted by Crippen LogP contribution is -2.30. The van der Waals surface area contributed by atoms with Gasteiger partial charge in [0.2, 0.25) is 0 Å². The second kappa shape index (κ2) is 65.1. The molecule has 0 N–H and O–H groups in total. The lowest BCUT2D eigenvalue weighted by molar-refractivity contribution is -0.167. The number of rotatable bonds is 60. The quantitative estimate of drug-likeness (QED) is 0.0261. The van der Waals surface area contributed by atoms with Crippen LogP contribution in [0.1, 0.15) is 329 Å². The number of unbranched alkanes of at least 4 members (excludes halogenated alkanes) is 35. The van der Waals surface area contributed by atoms with E-state index < -0.39 is 6.10 Å². The predicted octanol–water partition coefficient (Wildman–Crippen LogP) is 22.7. The molecule has 0 radical (unpaired) electrons. The van der Waals surface area contributed by atoms with E-state index in [1.807, 2.05) is 0 Å². The van der Waals surface area contributed by atoms with Crippen molar-refractivity contribution in [3.8, 4) is 0 Å². The van der Waals surface area contributed by atoms with Gasteiger partial charge in [0.05, 0.1) is 0 Å². The molecule has 0 aromatic carbocycles. The molecule has 0 rings (SSSR count). The van der Waals surface area contributed by atoms with E-state index in [4.69, 9.17) is 14.2 Å². The fraction of sp³-hybridized carbons (Fsp3) is 0.761. The Labute approximate surface area is 477 Å². The number of carbonyl (C=O) groups is 3. The first kappa shape index (κ1) is 73.6. The first-order chi connectivity index (χ1) is 38.0. The molecule has 0 saturated carbocycles. The van der Waals surface area contributed by atoms with Gasteiger partial charge in [0, 0.05) is 19.3 Å². The molecule has 0 aromatic heterocycles. The summed E-state index contributed by atoms with van der Waals surface area (Å²) >= 11 is 0. The van der Waals surface area contributed by atoms with E-state index in [9.17, 15) is 14.4 Å². The van der Waals surface area contributed by atoms with Crippen LogP contribution in [0.3, 0.4) is 0 Å². The maximum atomic E-state index is 12.8. The van der Waals surface area contributed by atoms with Crippen molar-refractivity contribution in [3.63, 3.8) is 0 Å². The summed E-state index contributed by atoms with van der Waals surface area (Å²) < 4.78 is 16.9. The molecule has 6 heteroatoms. The zero-order chi connectivity index (χ0) is 55.7. The van der Waals surface area contributed by atoms with E-state index in [0.29, 0.717) is 19.3 Å². The van der Waals surface area contributed by atoms with Crippen molar-refractivity contribution >= 4 is 17.9 Å². The number of esters is 3. The van der Waals surface area contributed by atoms with Crippen LogP contribution in [0.25, 0.3) is 0 Å². The molecule has 0 heterocycles. The van der Waals surface area contributed by atoms with Gasteiger partial charge in [0.25, 0.3) is 0 Å². The van der Waals surface area contributed by atoms with Crippen molar-refractivity contribution < 1.29 is 28.6 Å². The van der Waals surface area contributed by atoms with Crippen molar-refractivity contribution in [2.75, 3.05) is 13.2 Å². The zero-order valence-electron chi connectivity index (χ0n) is 51.0. The molecular weight excluding hydrogens is 949 g/mol. The summed E-state index contributed by atoms with van der Waals surface area (Å²) in [6.07, 6.45) is 86.2. The van der Waals surface area contributed by atoms with Crippen molar-refractivity contribution in [3.05, 3.63) is 85.1 Å². The van der Waals surface area contributed by atoms with Crippen molar-refractivity contribution in [2.45, 2.75) is 335 Å². The van der Waals surface area contributed by atoms with Gasteiger partial charge in [-0.25, -0.2) is 0 Å². The van der Waals surface area contributed by atoms with Crippen LogP contribution < -0.4 is 0 Å². The van der Waals surface area contributed by atoms with Gasteiger partial charge in [-0.2, -0.15) is 0 Å². The lowest BCUT2D eigenvalue weighted by Gasteiger charge is -2.18. The Morgan fingerprint density at radius 2 is 0.506 bits per heavy atom. The molecular formula is C71H124O6. The lowest BCUT2D eigenvalue weighted by atomic mass is 10.0. The van der Waals surface area contributed by atoms with Crippen LogP contribution in [0.15, 0.2) is 85.1 Å². The van der Waals surface area contributed by atoms with Crippen LogP contribution in [0, 0.1) is 0 Å². The van der Waals surface area contributed by atoms with Crippen LogP contribution in [0.4, 0.5) is 0 Å². The first-order valence-corrected chi connectivity index (χ1v) is 33.1. The predicted molar refractivity (Wildman–Crippen MR) is 334 cm³/mol. The molecule has 77 heavy (non-hydrogen) atoms. The summed E-state index contributed by atoms with van der Waals surface area (Å²) in [4.78, 5) is 38.2. The van der Waals surface area contributed by atoms with Crippen LogP contribution in [0.2, 0.25) is 0 Å². The smallest absolute Gasteiger partial charge is 0.306 e. The average Bonchev–Trinajstić information content (AvgIpc) is 3.43. The van der Waals surface area contributed by atoms with Gasteiger partial charge < -0.3 is 14.2 Å². The number of allylic oxidation sites excluding steroid dienone is 14. The van der Waals surface area contributed by atoms with Crippen LogP contribution in [-0.4, -0.2) is 37.2 Å². The van der Waals surface area contributed by atoms with Gasteiger partial charge in [-0.05, 0) is 96.3 Å². The van der Waals surface area contributed by atoms with Crippen molar-refractivity contribution in [1.29, 1.82) is 0 Å². The Morgan fingerprint density at radius 1 is 0.273 bits per heavy atom. The van der Waals surface area contributed by atoms with Gasteiger partial charge in [-0.15, -0.1) is 0 Å². The Hall–Kier alpha value is -3.41. The normalized spacial score (nSPS) is 12.6. The van der Waals surface area contributed by atoms with Crippen LogP contribution in [0.5, 0.6) is 0 Å². The summed E-state index contributed by atoms with van der Waals surface area (Å²) in [6, 6.07) is 0. The summed E-state index contributed by atoms with van der Waals surface area (Å²) in [5.74, 6) is -0.920. The number of carbonyl (C=O) groups excluding carboxylic acids is 3. The molecule has 0 fully saturated rings. The van der Waals surface area contributed by atoms with Gasteiger partial charge in [0.15, 0.2) is 6.10 Å². The average molecular weight is 1070 g/mol. The summed E-state index contributed by atoms with van der Waals surface area (Å²) in [5.41, 5.74) is 0. The topological polar surface area (TPSA) is 78.9 Å². The van der Waals surface area contributed by atoms with Crippen LogP contribution >= 0.6 is 0 Å². The largest absolute Gasteiger partial charge is 0.462 e. The van der Waals surface area contributed by atoms with Gasteiger partial charge >= 0.3 is 17.9 Å². The molecule has 0 aliphatic carbocycles. The maximum absolute atomic E-state index is 12.8. The molecule has 0 saturated heterocycles. The molecule has 0 bridgehead atoms. The molecule has 444 valence electrons. The highest BCUT2D eigenvalue weighted by Crippen LogP contribution is 2.17. The summed E-state index contributed by atoms with van der Waals surface area (Å²) in [5, 5.41) is 0. The Morgan fingerprint density at radius 3 is 0.818 bits per heavy atom. The van der Waals surface area contributed by atoms with E-state index >= 15 is 0 Å². The molecule has 0 amide bonds. The van der Waals surface area contributed by atoms with Crippen LogP contribution in [-0.2, 0) is 28.6 Å². The van der Waals surface area contributed by atoms with E-state index in [1.165, 1.54) is 193 Å². The Balaban J connectivity index is 4.12. The molecule has 0 spiro atoms. The highest BCUT2D eigenvalue weighted by atomic mass is 16.6. The molecule has 1 unspecified atom stereocenters. The minimum atomic E-state index is -0.795. The summed E-state index contributed by atoms with van der Waals surface area (Å²) in [6.45, 7) is 6.50. The Kier molecular flexibility index (Phi) is 62.2. The summed E-state index contributed by atoms with van der Waals surface area (Å²) in [7, 11) is 0. The van der Waals surface area contributed by atoms with Gasteiger partial charge in [-0.3, -0.25) is 14.4 Å². The number of hydrogen-bond donors (Lipinski definition) is 0. The second-order valence-electron chi connectivity index (χ2n) is 22.0. The third-order valence-electron chi connectivity index (χ3n) is 14.4. The monoisotopic (exact) mass is 1070 g/mol. The number of ether oxygens (including phenoxy) is 3. The van der Waals surface area contributed by atoms with E-state index in [1.54, 1.807) is 0 Å². The minimum Gasteiger partial charge on any atom is -0.462 e. The number of hydrogen-bond acceptors (Lipinski definition) is 6. The highest BCUT2D eigenvalue weighted by Gasteiger charge is 2.19. The van der Waals surface area contributed by atoms with E-state index in [0.717, 1.165) is 89.9 Å². The third kappa shape index (κ3) is 63.3. The van der Waals surface area contributed by atoms with Crippen molar-refractivity contribution in [2.24, 2.45) is 0 Å². The van der Waals surface area contributed by atoms with E-state index in [-0.39, 0.29) is 37.5 Å². The second-order valence-corrected chi connectivity index (χ2v) is 22.0. The van der Waals surface area contributed by atoms with Gasteiger partial charge in [0.1, 0.15) is 13.2 Å². The van der Waals surface area contributed by atoms with E-state index in [2.05, 4.69) is 106 Å². The van der Waals surface area contributed by atoms with Crippen molar-refractivity contribution in [1.82, 2.24) is 0 Å². The first-order valence-electron chi connectivity index (χ1n) is 33.1. The SMILES string of the molecule is CC/C=C\C/C=C\C/C=C\C/C=C\CCCCC(=O)OC(COC(=O)CCCCCCCCCCCCC)COC(=O)CCCCCCCCCCCCCCCCCCCC/C=C\C/C=C\C/C=C\CCCCCCC. The molecule has 6 nitrogen and oxygen atoms in total. The minimum absolute atomic E-state index is 0.0893. The van der Waals surface area contributed by atoms with Gasteiger partial charge in [-0.1, -0.05) is 298 Å². The standard InChI is InChI=1S/C71H124O6/c1-4-7-10-13-16-19-22-24-26-27-28-29-30-31-32-33-34-35-36-37-38-39-40-41-42-43-45-46-49-52-55-58-61-64-70(73)76-67-68(66-75-69(72)63-60-57-54-51-48-21-18-15-12-9-6-3)77-71(74)65-62-59-56-53-50-47-44-25-23-20-17-14-11-8-5-2/h8,11,17,20,22,24-25,27-28,30-31,44,50,53,68H,4-7,9-10,12-16,18-19,21,23,26,29,32-43,45-49,51-52,54-67H2,1-3H3/b11-8-,20-17-,24-22-,28-27-,31-30-,44-25-,53-50-. The fourth-order valence-electron chi connectivity index (χ4n) is 9.44. The highest BCUT2D eigenvalue weighted by molar-refractivity contribution is 5.71. The third-order valence-corrected chi connectivity index (χ3v) is 14.4. The zero-order valence-corrected chi connectivity index (χ0v) is 51.0. The maximum Gasteiger partial charge on any atom is 0.306 e. The molecule has 0 aromatic rings. The molecule has 1 atom stereocenters. The Bertz CT molecular complexity index is 1470. The molecule has 0 aliphatic heterocycles. The molecule has 0 aliphatic rings. The fourth-order valence-corrected chi connectivity index (χ4v) is 9.44.